The van der Waals surface area contributed by atoms with Crippen LogP contribution in [0.1, 0.15) is 34.6 Å². The van der Waals surface area contributed by atoms with Crippen molar-refractivity contribution >= 4 is 27.5 Å². The van der Waals surface area contributed by atoms with Crippen LogP contribution < -0.4 is 10.6 Å². The summed E-state index contributed by atoms with van der Waals surface area (Å²) < 4.78 is 26.2. The Hall–Kier alpha value is -1.97. The molecule has 1 aromatic carbocycles. The highest BCUT2D eigenvalue weighted by atomic mass is 32.2. The Morgan fingerprint density at radius 3 is 2.00 bits per heavy atom. The van der Waals surface area contributed by atoms with Gasteiger partial charge in [0.15, 0.2) is 0 Å². The van der Waals surface area contributed by atoms with Crippen LogP contribution in [0.2, 0.25) is 0 Å². The van der Waals surface area contributed by atoms with Crippen LogP contribution in [0.25, 0.3) is 0 Å². The van der Waals surface area contributed by atoms with Crippen molar-refractivity contribution in [3.05, 3.63) is 24.3 Å². The van der Waals surface area contributed by atoms with Crippen LogP contribution in [0.15, 0.2) is 29.2 Å². The molecule has 0 bridgehead atoms. The van der Waals surface area contributed by atoms with Crippen LogP contribution >= 0.6 is 0 Å². The zero-order chi connectivity index (χ0) is 21.5. The fourth-order valence-corrected chi connectivity index (χ4v) is 3.78. The SMILES string of the molecule is CCN(CC(=O)Nc1ccc(S(=O)(=O)N(C)C(C)C)cc1)CC(=O)NC(C)C. The van der Waals surface area contributed by atoms with E-state index >= 15 is 0 Å². The van der Waals surface area contributed by atoms with E-state index in [1.54, 1.807) is 30.9 Å². The lowest BCUT2D eigenvalue weighted by atomic mass is 10.3. The van der Waals surface area contributed by atoms with Crippen molar-refractivity contribution in [2.45, 2.75) is 51.6 Å². The summed E-state index contributed by atoms with van der Waals surface area (Å²) in [5, 5.41) is 5.53. The molecule has 0 radical (unpaired) electrons. The first-order valence-electron chi connectivity index (χ1n) is 9.37. The van der Waals surface area contributed by atoms with Gasteiger partial charge in [-0.15, -0.1) is 0 Å². The summed E-state index contributed by atoms with van der Waals surface area (Å²) in [6, 6.07) is 5.94. The number of likely N-dealkylation sites (N-methyl/N-ethyl adjacent to an activating group) is 1. The van der Waals surface area contributed by atoms with Crippen LogP contribution in [0.3, 0.4) is 0 Å². The largest absolute Gasteiger partial charge is 0.353 e. The molecule has 0 aromatic heterocycles. The van der Waals surface area contributed by atoms with Gasteiger partial charge in [0.05, 0.1) is 18.0 Å². The summed E-state index contributed by atoms with van der Waals surface area (Å²) in [7, 11) is -2.03. The summed E-state index contributed by atoms with van der Waals surface area (Å²) in [6.45, 7) is 9.99. The third-order valence-corrected chi connectivity index (χ3v) is 6.22. The average Bonchev–Trinajstić information content (AvgIpc) is 2.59. The monoisotopic (exact) mass is 412 g/mol. The Labute approximate surface area is 168 Å². The van der Waals surface area contributed by atoms with Crippen molar-refractivity contribution in [2.75, 3.05) is 32.0 Å². The number of carbonyl (C=O) groups is 2. The van der Waals surface area contributed by atoms with E-state index in [0.717, 1.165) is 0 Å². The molecule has 0 heterocycles. The topological polar surface area (TPSA) is 98.8 Å². The lowest BCUT2D eigenvalue weighted by Crippen LogP contribution is -2.42. The molecule has 0 aliphatic carbocycles. The Kier molecular flexibility index (Phi) is 9.06. The maximum Gasteiger partial charge on any atom is 0.243 e. The molecule has 1 rings (SSSR count). The molecule has 0 aliphatic rings. The molecule has 8 nitrogen and oxygen atoms in total. The van der Waals surface area contributed by atoms with Crippen LogP contribution in [-0.4, -0.2) is 68.2 Å². The number of hydrogen-bond donors (Lipinski definition) is 2. The lowest BCUT2D eigenvalue weighted by molar-refractivity contribution is -0.123. The summed E-state index contributed by atoms with van der Waals surface area (Å²) in [5.41, 5.74) is 0.499. The highest BCUT2D eigenvalue weighted by Gasteiger charge is 2.23. The maximum atomic E-state index is 12.5. The second-order valence-corrected chi connectivity index (χ2v) is 9.21. The minimum Gasteiger partial charge on any atom is -0.353 e. The average molecular weight is 413 g/mol. The van der Waals surface area contributed by atoms with Gasteiger partial charge in [-0.2, -0.15) is 4.31 Å². The van der Waals surface area contributed by atoms with Gasteiger partial charge in [-0.05, 0) is 58.5 Å². The van der Waals surface area contributed by atoms with Crippen LogP contribution in [0.5, 0.6) is 0 Å². The van der Waals surface area contributed by atoms with Gasteiger partial charge in [0, 0.05) is 24.8 Å². The molecule has 0 spiro atoms. The van der Waals surface area contributed by atoms with E-state index in [9.17, 15) is 18.0 Å². The van der Waals surface area contributed by atoms with E-state index in [1.165, 1.54) is 23.5 Å². The molecule has 0 saturated carbocycles. The van der Waals surface area contributed by atoms with Gasteiger partial charge >= 0.3 is 0 Å². The normalized spacial score (nSPS) is 12.1. The summed E-state index contributed by atoms with van der Waals surface area (Å²) in [6.07, 6.45) is 0. The zero-order valence-electron chi connectivity index (χ0n) is 17.5. The summed E-state index contributed by atoms with van der Waals surface area (Å²) in [5.74, 6) is -0.400. The minimum atomic E-state index is -3.56. The van der Waals surface area contributed by atoms with E-state index < -0.39 is 10.0 Å². The molecule has 0 fully saturated rings. The van der Waals surface area contributed by atoms with E-state index in [2.05, 4.69) is 10.6 Å². The number of amides is 2. The molecule has 2 N–H and O–H groups in total. The van der Waals surface area contributed by atoms with Crippen molar-refractivity contribution in [1.29, 1.82) is 0 Å². The molecule has 28 heavy (non-hydrogen) atoms. The van der Waals surface area contributed by atoms with Gasteiger partial charge < -0.3 is 10.6 Å². The first-order chi connectivity index (χ1) is 13.0. The number of carbonyl (C=O) groups excluding carboxylic acids is 2. The highest BCUT2D eigenvalue weighted by molar-refractivity contribution is 7.89. The third kappa shape index (κ3) is 7.21. The first kappa shape index (κ1) is 24.1. The predicted molar refractivity (Wildman–Crippen MR) is 111 cm³/mol. The Morgan fingerprint density at radius 1 is 1.00 bits per heavy atom. The van der Waals surface area contributed by atoms with Gasteiger partial charge in [-0.3, -0.25) is 14.5 Å². The Morgan fingerprint density at radius 2 is 1.54 bits per heavy atom. The standard InChI is InChI=1S/C19H32N4O4S/c1-7-23(12-18(24)20-14(2)3)13-19(25)21-16-8-10-17(11-9-16)28(26,27)22(6)15(4)5/h8-11,14-15H,7,12-13H2,1-6H3,(H,20,24)(H,21,25). The second kappa shape index (κ2) is 10.5. The van der Waals surface area contributed by atoms with Crippen LogP contribution in [-0.2, 0) is 19.6 Å². The number of sulfonamides is 1. The van der Waals surface area contributed by atoms with Crippen LogP contribution in [0, 0.1) is 0 Å². The smallest absolute Gasteiger partial charge is 0.243 e. The van der Waals surface area contributed by atoms with E-state index in [-0.39, 0.29) is 41.9 Å². The predicted octanol–water partition coefficient (Wildman–Crippen LogP) is 1.50. The van der Waals surface area contributed by atoms with E-state index in [4.69, 9.17) is 0 Å². The number of nitrogens with zero attached hydrogens (tertiary/aromatic N) is 2. The molecule has 0 aliphatic heterocycles. The van der Waals surface area contributed by atoms with E-state index in [0.29, 0.717) is 12.2 Å². The summed E-state index contributed by atoms with van der Waals surface area (Å²) in [4.78, 5) is 26.0. The molecule has 0 atom stereocenters. The molecular weight excluding hydrogens is 380 g/mol. The number of nitrogens with one attached hydrogen (secondary N) is 2. The molecule has 0 saturated heterocycles. The number of hydrogen-bond acceptors (Lipinski definition) is 5. The fourth-order valence-electron chi connectivity index (χ4n) is 2.41. The molecule has 9 heteroatoms. The Balaban J connectivity index is 2.71. The first-order valence-corrected chi connectivity index (χ1v) is 10.8. The third-order valence-electron chi connectivity index (χ3n) is 4.17. The molecule has 2 amide bonds. The quantitative estimate of drug-likeness (QED) is 0.607. The number of anilines is 1. The molecule has 0 unspecified atom stereocenters. The fraction of sp³-hybridized carbons (Fsp3) is 0.579. The van der Waals surface area contributed by atoms with Crippen molar-refractivity contribution in [2.24, 2.45) is 0 Å². The van der Waals surface area contributed by atoms with Gasteiger partial charge in [0.1, 0.15) is 0 Å². The minimum absolute atomic E-state index is 0.0459. The van der Waals surface area contributed by atoms with Crippen molar-refractivity contribution in [3.63, 3.8) is 0 Å². The lowest BCUT2D eigenvalue weighted by Gasteiger charge is -2.21. The van der Waals surface area contributed by atoms with Crippen molar-refractivity contribution in [1.82, 2.24) is 14.5 Å². The summed E-state index contributed by atoms with van der Waals surface area (Å²) >= 11 is 0. The van der Waals surface area contributed by atoms with Crippen molar-refractivity contribution in [3.8, 4) is 0 Å². The highest BCUT2D eigenvalue weighted by Crippen LogP contribution is 2.19. The molecular formula is C19H32N4O4S. The molecule has 158 valence electrons. The van der Waals surface area contributed by atoms with E-state index in [1.807, 2.05) is 20.8 Å². The maximum absolute atomic E-state index is 12.5. The van der Waals surface area contributed by atoms with Crippen molar-refractivity contribution < 1.29 is 18.0 Å². The molecule has 1 aromatic rings. The number of rotatable bonds is 10. The van der Waals surface area contributed by atoms with Gasteiger partial charge in [0.2, 0.25) is 21.8 Å². The zero-order valence-corrected chi connectivity index (χ0v) is 18.3. The van der Waals surface area contributed by atoms with Gasteiger partial charge in [-0.1, -0.05) is 6.92 Å². The second-order valence-electron chi connectivity index (χ2n) is 7.21. The Bertz CT molecular complexity index is 761. The van der Waals surface area contributed by atoms with Crippen LogP contribution in [0.4, 0.5) is 5.69 Å². The number of benzene rings is 1. The van der Waals surface area contributed by atoms with Gasteiger partial charge in [0.25, 0.3) is 0 Å². The van der Waals surface area contributed by atoms with Gasteiger partial charge in [-0.25, -0.2) is 8.42 Å².